The second-order valence-electron chi connectivity index (χ2n) is 4.87. The third-order valence-corrected chi connectivity index (χ3v) is 3.82. The maximum atomic E-state index is 12.5. The molecule has 1 aromatic carbocycles. The predicted octanol–water partition coefficient (Wildman–Crippen LogP) is 2.40. The molecular weight excluding hydrogens is 320 g/mol. The van der Waals surface area contributed by atoms with E-state index in [9.17, 15) is 4.79 Å². The molecule has 3 rings (SSSR count). The highest BCUT2D eigenvalue weighted by molar-refractivity contribution is 9.10. The van der Waals surface area contributed by atoms with E-state index in [1.54, 1.807) is 13.4 Å². The van der Waals surface area contributed by atoms with Gasteiger partial charge in [-0.05, 0) is 40.5 Å². The molecule has 0 saturated carbocycles. The van der Waals surface area contributed by atoms with Crippen LogP contribution in [0.1, 0.15) is 5.56 Å². The Morgan fingerprint density at radius 3 is 2.65 bits per heavy atom. The number of benzene rings is 1. The minimum atomic E-state index is -0.0694. The van der Waals surface area contributed by atoms with Gasteiger partial charge in [-0.15, -0.1) is 0 Å². The highest BCUT2D eigenvalue weighted by atomic mass is 79.9. The zero-order valence-corrected chi connectivity index (χ0v) is 13.0. The van der Waals surface area contributed by atoms with Gasteiger partial charge in [-0.3, -0.25) is 9.36 Å². The summed E-state index contributed by atoms with van der Waals surface area (Å²) in [7, 11) is 3.60. The lowest BCUT2D eigenvalue weighted by molar-refractivity contribution is 0.850. The number of nitrogens with zero attached hydrogens (tertiary/aromatic N) is 4. The fraction of sp³-hybridized carbons (Fsp3) is 0.214. The van der Waals surface area contributed by atoms with Crippen LogP contribution in [0.25, 0.3) is 22.4 Å². The summed E-state index contributed by atoms with van der Waals surface area (Å²) in [6.07, 6.45) is 3.53. The van der Waals surface area contributed by atoms with Crippen molar-refractivity contribution in [3.63, 3.8) is 0 Å². The number of hydrogen-bond acceptors (Lipinski definition) is 3. The molecule has 0 amide bonds. The van der Waals surface area contributed by atoms with Gasteiger partial charge in [-0.1, -0.05) is 0 Å². The number of rotatable bonds is 1. The average Bonchev–Trinajstić information content (AvgIpc) is 2.81. The Hall–Kier alpha value is -1.95. The maximum Gasteiger partial charge on any atom is 0.261 e. The van der Waals surface area contributed by atoms with Gasteiger partial charge in [0.15, 0.2) is 5.82 Å². The molecule has 0 spiro atoms. The van der Waals surface area contributed by atoms with Gasteiger partial charge in [0, 0.05) is 24.8 Å². The van der Waals surface area contributed by atoms with Crippen molar-refractivity contribution in [2.75, 3.05) is 0 Å². The van der Waals surface area contributed by atoms with Crippen LogP contribution >= 0.6 is 15.9 Å². The Balaban J connectivity index is 2.41. The normalized spacial score (nSPS) is 11.2. The standard InChI is InChI=1S/C14H13BrN4O/c1-8-4-9-12(10(15)5-8)17-13(19(3)14(9)20)11-6-18(2)7-16-11/h4-7H,1-3H3. The van der Waals surface area contributed by atoms with Gasteiger partial charge in [-0.25, -0.2) is 9.97 Å². The monoisotopic (exact) mass is 332 g/mol. The summed E-state index contributed by atoms with van der Waals surface area (Å²) in [4.78, 5) is 21.4. The van der Waals surface area contributed by atoms with E-state index in [-0.39, 0.29) is 5.56 Å². The van der Waals surface area contributed by atoms with E-state index in [0.717, 1.165) is 10.0 Å². The topological polar surface area (TPSA) is 52.7 Å². The molecule has 0 N–H and O–H groups in total. The van der Waals surface area contributed by atoms with Crippen molar-refractivity contribution in [3.05, 3.63) is 45.0 Å². The molecule has 2 heterocycles. The summed E-state index contributed by atoms with van der Waals surface area (Å²) in [5.74, 6) is 0.563. The largest absolute Gasteiger partial charge is 0.340 e. The average molecular weight is 333 g/mol. The van der Waals surface area contributed by atoms with Crippen molar-refractivity contribution in [3.8, 4) is 11.5 Å². The molecule has 20 heavy (non-hydrogen) atoms. The van der Waals surface area contributed by atoms with E-state index in [1.165, 1.54) is 4.57 Å². The molecule has 0 aliphatic carbocycles. The maximum absolute atomic E-state index is 12.5. The molecular formula is C14H13BrN4O. The molecule has 6 heteroatoms. The lowest BCUT2D eigenvalue weighted by atomic mass is 10.1. The molecule has 102 valence electrons. The Labute approximate surface area is 124 Å². The zero-order chi connectivity index (χ0) is 14.4. The quantitative estimate of drug-likeness (QED) is 0.687. The van der Waals surface area contributed by atoms with Gasteiger partial charge in [0.2, 0.25) is 0 Å². The number of aryl methyl sites for hydroxylation is 2. The molecule has 0 saturated heterocycles. The van der Waals surface area contributed by atoms with Gasteiger partial charge in [0.05, 0.1) is 17.2 Å². The van der Waals surface area contributed by atoms with Crippen LogP contribution in [0.2, 0.25) is 0 Å². The molecule has 0 aliphatic rings. The van der Waals surface area contributed by atoms with Crippen molar-refractivity contribution in [2.24, 2.45) is 14.1 Å². The summed E-state index contributed by atoms with van der Waals surface area (Å²) in [5.41, 5.74) is 2.30. The first-order valence-corrected chi connectivity index (χ1v) is 6.92. The Morgan fingerprint density at radius 2 is 2.00 bits per heavy atom. The van der Waals surface area contributed by atoms with Gasteiger partial charge in [0.1, 0.15) is 5.69 Å². The SMILES string of the molecule is Cc1cc(Br)c2nc(-c3cn(C)cn3)n(C)c(=O)c2c1. The van der Waals surface area contributed by atoms with Crippen LogP contribution in [0.3, 0.4) is 0 Å². The van der Waals surface area contributed by atoms with Crippen molar-refractivity contribution in [2.45, 2.75) is 6.92 Å². The Morgan fingerprint density at radius 1 is 1.25 bits per heavy atom. The van der Waals surface area contributed by atoms with Crippen molar-refractivity contribution < 1.29 is 0 Å². The van der Waals surface area contributed by atoms with E-state index in [1.807, 2.05) is 36.9 Å². The van der Waals surface area contributed by atoms with Crippen LogP contribution in [-0.2, 0) is 14.1 Å². The van der Waals surface area contributed by atoms with E-state index in [2.05, 4.69) is 25.9 Å². The van der Waals surface area contributed by atoms with E-state index >= 15 is 0 Å². The van der Waals surface area contributed by atoms with Gasteiger partial charge >= 0.3 is 0 Å². The first kappa shape index (κ1) is 13.1. The smallest absolute Gasteiger partial charge is 0.261 e. The highest BCUT2D eigenvalue weighted by Gasteiger charge is 2.14. The Bertz CT molecular complexity index is 879. The second-order valence-corrected chi connectivity index (χ2v) is 5.72. The molecule has 5 nitrogen and oxygen atoms in total. The number of halogens is 1. The van der Waals surface area contributed by atoms with Crippen LogP contribution in [-0.4, -0.2) is 19.1 Å². The molecule has 2 aromatic heterocycles. The molecule has 0 radical (unpaired) electrons. The van der Waals surface area contributed by atoms with Crippen LogP contribution in [0.4, 0.5) is 0 Å². The molecule has 0 unspecified atom stereocenters. The van der Waals surface area contributed by atoms with E-state index < -0.39 is 0 Å². The van der Waals surface area contributed by atoms with Crippen LogP contribution in [0.5, 0.6) is 0 Å². The molecule has 0 bridgehead atoms. The lowest BCUT2D eigenvalue weighted by Gasteiger charge is -2.09. The summed E-state index contributed by atoms with van der Waals surface area (Å²) < 4.78 is 4.19. The van der Waals surface area contributed by atoms with Crippen molar-refractivity contribution in [1.29, 1.82) is 0 Å². The summed E-state index contributed by atoms with van der Waals surface area (Å²) in [5, 5.41) is 0.610. The van der Waals surface area contributed by atoms with Crippen LogP contribution in [0, 0.1) is 6.92 Å². The van der Waals surface area contributed by atoms with Crippen molar-refractivity contribution >= 4 is 26.8 Å². The minimum Gasteiger partial charge on any atom is -0.340 e. The number of aromatic nitrogens is 4. The number of imidazole rings is 1. The van der Waals surface area contributed by atoms with Crippen LogP contribution in [0.15, 0.2) is 33.9 Å². The minimum absolute atomic E-state index is 0.0694. The summed E-state index contributed by atoms with van der Waals surface area (Å²) >= 11 is 3.48. The molecule has 0 atom stereocenters. The Kier molecular flexibility index (Phi) is 2.97. The van der Waals surface area contributed by atoms with Crippen LogP contribution < -0.4 is 5.56 Å². The summed E-state index contributed by atoms with van der Waals surface area (Å²) in [6.45, 7) is 1.95. The number of hydrogen-bond donors (Lipinski definition) is 0. The molecule has 0 aliphatic heterocycles. The first-order chi connectivity index (χ1) is 9.47. The third-order valence-electron chi connectivity index (χ3n) is 3.21. The summed E-state index contributed by atoms with van der Waals surface area (Å²) in [6, 6.07) is 3.81. The fourth-order valence-electron chi connectivity index (χ4n) is 2.23. The van der Waals surface area contributed by atoms with Gasteiger partial charge < -0.3 is 4.57 Å². The van der Waals surface area contributed by atoms with Gasteiger partial charge in [0.25, 0.3) is 5.56 Å². The van der Waals surface area contributed by atoms with Gasteiger partial charge in [-0.2, -0.15) is 0 Å². The lowest BCUT2D eigenvalue weighted by Crippen LogP contribution is -2.20. The fourth-order valence-corrected chi connectivity index (χ4v) is 2.89. The second kappa shape index (κ2) is 4.56. The van der Waals surface area contributed by atoms with Crippen molar-refractivity contribution in [1.82, 2.24) is 19.1 Å². The molecule has 0 fully saturated rings. The predicted molar refractivity (Wildman–Crippen MR) is 81.6 cm³/mol. The third kappa shape index (κ3) is 1.96. The first-order valence-electron chi connectivity index (χ1n) is 6.12. The number of fused-ring (bicyclic) bond motifs is 1. The zero-order valence-electron chi connectivity index (χ0n) is 11.4. The molecule has 3 aromatic rings. The highest BCUT2D eigenvalue weighted by Crippen LogP contribution is 2.24. The van der Waals surface area contributed by atoms with E-state index in [0.29, 0.717) is 22.4 Å². The van der Waals surface area contributed by atoms with E-state index in [4.69, 9.17) is 0 Å².